The number of carbonyl (C=O) groups is 3. The summed E-state index contributed by atoms with van der Waals surface area (Å²) in [6, 6.07) is 2.14. The summed E-state index contributed by atoms with van der Waals surface area (Å²) in [6.45, 7) is 1.43. The Balaban J connectivity index is 2.38. The minimum absolute atomic E-state index is 0.148. The zero-order valence-electron chi connectivity index (χ0n) is 14.0. The van der Waals surface area contributed by atoms with E-state index in [1.165, 1.54) is 34.3 Å². The lowest BCUT2D eigenvalue weighted by Gasteiger charge is -2.18. The summed E-state index contributed by atoms with van der Waals surface area (Å²) in [4.78, 5) is 37.2. The molecule has 1 saturated heterocycles. The first-order chi connectivity index (χ1) is 11.8. The third kappa shape index (κ3) is 3.74. The first kappa shape index (κ1) is 19.1. The number of esters is 1. The van der Waals surface area contributed by atoms with Gasteiger partial charge in [-0.3, -0.25) is 14.5 Å². The Morgan fingerprint density at radius 1 is 1.20 bits per heavy atom. The number of methoxy groups -OCH3 is 3. The average Bonchev–Trinajstić information content (AvgIpc) is 2.88. The van der Waals surface area contributed by atoms with Crippen LogP contribution in [0.4, 0.5) is 4.79 Å². The molecule has 1 aliphatic heterocycles. The molecule has 0 unspecified atom stereocenters. The summed E-state index contributed by atoms with van der Waals surface area (Å²) in [5, 5.41) is -0.226. The normalized spacial score (nSPS) is 17.0. The van der Waals surface area contributed by atoms with Crippen molar-refractivity contribution >= 4 is 46.6 Å². The number of thioether (sulfide) groups is 1. The Morgan fingerprint density at radius 3 is 2.36 bits per heavy atom. The van der Waals surface area contributed by atoms with E-state index in [-0.39, 0.29) is 4.91 Å². The monoisotopic (exact) mass is 385 g/mol. The van der Waals surface area contributed by atoms with E-state index in [9.17, 15) is 14.4 Å². The molecule has 2 rings (SSSR count). The molecule has 1 aliphatic rings. The van der Waals surface area contributed by atoms with E-state index < -0.39 is 23.2 Å². The Hall–Kier alpha value is -2.19. The molecule has 1 atom stereocenters. The van der Waals surface area contributed by atoms with E-state index in [1.807, 2.05) is 0 Å². The zero-order chi connectivity index (χ0) is 18.7. The highest BCUT2D eigenvalue weighted by Gasteiger charge is 2.41. The molecule has 1 aromatic rings. The number of nitrogens with zero attached hydrogens (tertiary/aromatic N) is 1. The van der Waals surface area contributed by atoms with E-state index >= 15 is 0 Å². The molecule has 9 heteroatoms. The van der Waals surface area contributed by atoms with Gasteiger partial charge in [0, 0.05) is 6.07 Å². The molecule has 25 heavy (non-hydrogen) atoms. The summed E-state index contributed by atoms with van der Waals surface area (Å²) in [5.41, 5.74) is 0.482. The third-order valence-corrected chi connectivity index (χ3v) is 4.75. The number of amides is 2. The van der Waals surface area contributed by atoms with E-state index in [2.05, 4.69) is 4.74 Å². The van der Waals surface area contributed by atoms with Gasteiger partial charge in [0.15, 0.2) is 11.5 Å². The Labute approximate surface area is 153 Å². The van der Waals surface area contributed by atoms with Crippen LogP contribution >= 0.6 is 23.4 Å². The van der Waals surface area contributed by atoms with Crippen molar-refractivity contribution < 1.29 is 28.6 Å². The topological polar surface area (TPSA) is 82.1 Å². The van der Waals surface area contributed by atoms with Crippen molar-refractivity contribution in [1.82, 2.24) is 4.90 Å². The first-order valence-electron chi connectivity index (χ1n) is 7.10. The van der Waals surface area contributed by atoms with Crippen LogP contribution in [0.15, 0.2) is 17.0 Å². The molecule has 1 aromatic carbocycles. The van der Waals surface area contributed by atoms with Crippen LogP contribution < -0.4 is 9.47 Å². The van der Waals surface area contributed by atoms with Gasteiger partial charge in [0.05, 0.1) is 31.3 Å². The smallest absolute Gasteiger partial charge is 0.328 e. The molecular weight excluding hydrogens is 370 g/mol. The summed E-state index contributed by atoms with van der Waals surface area (Å²) < 4.78 is 14.9. The molecule has 7 nitrogen and oxygen atoms in total. The summed E-state index contributed by atoms with van der Waals surface area (Å²) in [6.07, 6.45) is 1.47. The average molecular weight is 386 g/mol. The molecule has 1 fully saturated rings. The minimum atomic E-state index is -1.01. The highest BCUT2D eigenvalue weighted by molar-refractivity contribution is 8.18. The largest absolute Gasteiger partial charge is 0.493 e. The standard InChI is InChI=1S/C16H16ClNO6S/c1-8(15(20)24-4)18-14(19)13(25-16(18)21)6-9-5-11(22-2)12(23-3)7-10(9)17/h5-8H,1-4H3/b13-6+/t8-/m1/s1. The second-order valence-corrected chi connectivity index (χ2v) is 6.38. The molecule has 134 valence electrons. The molecule has 0 bridgehead atoms. The van der Waals surface area contributed by atoms with E-state index in [0.29, 0.717) is 22.1 Å². The van der Waals surface area contributed by atoms with Gasteiger partial charge in [-0.05, 0) is 36.4 Å². The van der Waals surface area contributed by atoms with Gasteiger partial charge in [-0.2, -0.15) is 0 Å². The number of hydrogen-bond donors (Lipinski definition) is 0. The van der Waals surface area contributed by atoms with Gasteiger partial charge in [0.2, 0.25) is 0 Å². The maximum Gasteiger partial charge on any atom is 0.328 e. The van der Waals surface area contributed by atoms with Crippen LogP contribution in [0.5, 0.6) is 11.5 Å². The summed E-state index contributed by atoms with van der Waals surface area (Å²) in [5.74, 6) is -0.385. The number of carbonyl (C=O) groups excluding carboxylic acids is 3. The fraction of sp³-hybridized carbons (Fsp3) is 0.312. The van der Waals surface area contributed by atoms with Gasteiger partial charge >= 0.3 is 5.97 Å². The molecule has 0 radical (unpaired) electrons. The van der Waals surface area contributed by atoms with Crippen LogP contribution in [0.3, 0.4) is 0 Å². The fourth-order valence-corrected chi connectivity index (χ4v) is 3.32. The Kier molecular flexibility index (Phi) is 5.97. The van der Waals surface area contributed by atoms with Crippen molar-refractivity contribution in [3.63, 3.8) is 0 Å². The highest BCUT2D eigenvalue weighted by atomic mass is 35.5. The van der Waals surface area contributed by atoms with E-state index in [0.717, 1.165) is 16.7 Å². The van der Waals surface area contributed by atoms with Gasteiger partial charge in [-0.25, -0.2) is 4.79 Å². The van der Waals surface area contributed by atoms with Crippen molar-refractivity contribution in [3.05, 3.63) is 27.6 Å². The van der Waals surface area contributed by atoms with Gasteiger partial charge in [0.25, 0.3) is 11.1 Å². The highest BCUT2D eigenvalue weighted by Crippen LogP contribution is 2.38. The second-order valence-electron chi connectivity index (χ2n) is 4.98. The van der Waals surface area contributed by atoms with Crippen LogP contribution in [0.25, 0.3) is 6.08 Å². The molecule has 0 spiro atoms. The van der Waals surface area contributed by atoms with Crippen molar-refractivity contribution in [3.8, 4) is 11.5 Å². The van der Waals surface area contributed by atoms with E-state index in [1.54, 1.807) is 12.1 Å². The number of ether oxygens (including phenoxy) is 3. The molecule has 1 heterocycles. The number of benzene rings is 1. The SMILES string of the molecule is COC(=O)[C@@H](C)N1C(=O)S/C(=C/c2cc(OC)c(OC)cc2Cl)C1=O. The lowest BCUT2D eigenvalue weighted by molar-refractivity contribution is -0.148. The molecule has 0 saturated carbocycles. The van der Waals surface area contributed by atoms with Crippen molar-refractivity contribution in [1.29, 1.82) is 0 Å². The number of halogens is 1. The van der Waals surface area contributed by atoms with Crippen molar-refractivity contribution in [2.75, 3.05) is 21.3 Å². The van der Waals surface area contributed by atoms with Gasteiger partial charge in [0.1, 0.15) is 6.04 Å². The molecule has 0 aromatic heterocycles. The van der Waals surface area contributed by atoms with Crippen LogP contribution in [0.1, 0.15) is 12.5 Å². The second kappa shape index (κ2) is 7.79. The molecule has 0 N–H and O–H groups in total. The van der Waals surface area contributed by atoms with Crippen LogP contribution in [0.2, 0.25) is 5.02 Å². The Morgan fingerprint density at radius 2 is 1.80 bits per heavy atom. The quantitative estimate of drug-likeness (QED) is 0.569. The maximum absolute atomic E-state index is 12.5. The van der Waals surface area contributed by atoms with Crippen molar-refractivity contribution in [2.45, 2.75) is 13.0 Å². The predicted molar refractivity (Wildman–Crippen MR) is 93.8 cm³/mol. The zero-order valence-corrected chi connectivity index (χ0v) is 15.6. The lowest BCUT2D eigenvalue weighted by Crippen LogP contribution is -2.42. The predicted octanol–water partition coefficient (Wildman–Crippen LogP) is 2.96. The number of hydrogen-bond acceptors (Lipinski definition) is 7. The third-order valence-electron chi connectivity index (χ3n) is 3.54. The van der Waals surface area contributed by atoms with Crippen molar-refractivity contribution in [2.24, 2.45) is 0 Å². The maximum atomic E-state index is 12.5. The van der Waals surface area contributed by atoms with Gasteiger partial charge in [-0.1, -0.05) is 11.6 Å². The minimum Gasteiger partial charge on any atom is -0.493 e. The molecular formula is C16H16ClNO6S. The van der Waals surface area contributed by atoms with Crippen LogP contribution in [-0.4, -0.2) is 49.4 Å². The number of imide groups is 1. The molecule has 0 aliphatic carbocycles. The van der Waals surface area contributed by atoms with Crippen LogP contribution in [0, 0.1) is 0 Å². The Bertz CT molecular complexity index is 763. The van der Waals surface area contributed by atoms with Gasteiger partial charge < -0.3 is 14.2 Å². The van der Waals surface area contributed by atoms with E-state index in [4.69, 9.17) is 21.1 Å². The lowest BCUT2D eigenvalue weighted by atomic mass is 10.1. The number of rotatable bonds is 5. The van der Waals surface area contributed by atoms with Crippen LogP contribution in [-0.2, 0) is 14.3 Å². The molecule has 2 amide bonds. The summed E-state index contributed by atoms with van der Waals surface area (Å²) >= 11 is 6.92. The first-order valence-corrected chi connectivity index (χ1v) is 8.29. The summed E-state index contributed by atoms with van der Waals surface area (Å²) in [7, 11) is 4.14. The van der Waals surface area contributed by atoms with Gasteiger partial charge in [-0.15, -0.1) is 0 Å². The fourth-order valence-electron chi connectivity index (χ4n) is 2.21.